The summed E-state index contributed by atoms with van der Waals surface area (Å²) in [5.74, 6) is 4.36. The van der Waals surface area contributed by atoms with Crippen molar-refractivity contribution in [2.45, 2.75) is 32.5 Å². The zero-order valence-corrected chi connectivity index (χ0v) is 9.44. The zero-order valence-electron chi connectivity index (χ0n) is 9.44. The first-order chi connectivity index (χ1) is 7.66. The first kappa shape index (κ1) is 14.9. The predicted octanol–water partition coefficient (Wildman–Crippen LogP) is 0.616. The lowest BCUT2D eigenvalue weighted by Crippen LogP contribution is -2.22. The van der Waals surface area contributed by atoms with E-state index in [0.29, 0.717) is 6.61 Å². The Morgan fingerprint density at radius 3 is 2.69 bits per heavy atom. The molecule has 1 aliphatic rings. The number of aliphatic hydroxyl groups is 1. The van der Waals surface area contributed by atoms with E-state index in [9.17, 15) is 0 Å². The van der Waals surface area contributed by atoms with Gasteiger partial charge in [-0.1, -0.05) is 11.8 Å². The average Bonchev–Trinajstić information content (AvgIpc) is 2.25. The number of carbonyl (C=O) groups is 1. The normalized spacial score (nSPS) is 18.8. The van der Waals surface area contributed by atoms with Crippen molar-refractivity contribution >= 4 is 5.97 Å². The number of aliphatic hydroxyl groups excluding tert-OH is 1. The van der Waals surface area contributed by atoms with Gasteiger partial charge in [-0.15, -0.1) is 0 Å². The lowest BCUT2D eigenvalue weighted by Gasteiger charge is -2.21. The number of ether oxygens (including phenoxy) is 2. The van der Waals surface area contributed by atoms with E-state index < -0.39 is 5.97 Å². The van der Waals surface area contributed by atoms with Gasteiger partial charge in [0.15, 0.2) is 6.29 Å². The molecule has 1 aliphatic heterocycles. The molecule has 1 saturated heterocycles. The SMILES string of the molecule is CC(=O)O.OCC#CCOC1CCCCO1. The van der Waals surface area contributed by atoms with Crippen LogP contribution in [0.3, 0.4) is 0 Å². The van der Waals surface area contributed by atoms with Gasteiger partial charge in [-0.05, 0) is 19.3 Å². The van der Waals surface area contributed by atoms with Crippen molar-refractivity contribution in [1.29, 1.82) is 0 Å². The number of hydrogen-bond donors (Lipinski definition) is 2. The summed E-state index contributed by atoms with van der Waals surface area (Å²) >= 11 is 0. The third-order valence-corrected chi connectivity index (χ3v) is 1.68. The van der Waals surface area contributed by atoms with Crippen molar-refractivity contribution in [1.82, 2.24) is 0 Å². The molecule has 0 aromatic heterocycles. The molecule has 0 amide bonds. The van der Waals surface area contributed by atoms with Gasteiger partial charge in [-0.3, -0.25) is 4.79 Å². The molecule has 0 aliphatic carbocycles. The van der Waals surface area contributed by atoms with Gasteiger partial charge in [-0.2, -0.15) is 0 Å². The Labute approximate surface area is 95.4 Å². The average molecular weight is 230 g/mol. The summed E-state index contributed by atoms with van der Waals surface area (Å²) in [5, 5.41) is 15.8. The monoisotopic (exact) mass is 230 g/mol. The number of aliphatic carboxylic acids is 1. The summed E-state index contributed by atoms with van der Waals surface area (Å²) in [7, 11) is 0. The molecule has 1 atom stereocenters. The Morgan fingerprint density at radius 1 is 1.50 bits per heavy atom. The minimum Gasteiger partial charge on any atom is -0.481 e. The Bertz CT molecular complexity index is 230. The summed E-state index contributed by atoms with van der Waals surface area (Å²) in [6, 6.07) is 0. The van der Waals surface area contributed by atoms with Crippen LogP contribution in [0.1, 0.15) is 26.2 Å². The first-order valence-electron chi connectivity index (χ1n) is 5.16. The third kappa shape index (κ3) is 11.0. The fourth-order valence-electron chi connectivity index (χ4n) is 1.08. The number of carboxylic acids is 1. The maximum atomic E-state index is 9.00. The largest absolute Gasteiger partial charge is 0.481 e. The van der Waals surface area contributed by atoms with E-state index in [1.165, 1.54) is 0 Å². The summed E-state index contributed by atoms with van der Waals surface area (Å²) in [6.45, 7) is 2.12. The third-order valence-electron chi connectivity index (χ3n) is 1.68. The van der Waals surface area contributed by atoms with Gasteiger partial charge >= 0.3 is 0 Å². The van der Waals surface area contributed by atoms with E-state index in [1.807, 2.05) is 0 Å². The van der Waals surface area contributed by atoms with Crippen LogP contribution in [0.4, 0.5) is 0 Å². The van der Waals surface area contributed by atoms with E-state index in [-0.39, 0.29) is 12.9 Å². The highest BCUT2D eigenvalue weighted by molar-refractivity contribution is 5.62. The van der Waals surface area contributed by atoms with Crippen molar-refractivity contribution < 1.29 is 24.5 Å². The maximum absolute atomic E-state index is 9.00. The van der Waals surface area contributed by atoms with Crippen molar-refractivity contribution in [3.05, 3.63) is 0 Å². The minimum atomic E-state index is -0.833. The van der Waals surface area contributed by atoms with E-state index in [2.05, 4.69) is 11.8 Å². The van der Waals surface area contributed by atoms with E-state index in [4.69, 9.17) is 24.5 Å². The molecule has 5 nitrogen and oxygen atoms in total. The molecule has 0 saturated carbocycles. The van der Waals surface area contributed by atoms with Crippen LogP contribution in [0.2, 0.25) is 0 Å². The Morgan fingerprint density at radius 2 is 2.19 bits per heavy atom. The van der Waals surface area contributed by atoms with Crippen LogP contribution in [0.25, 0.3) is 0 Å². The quantitative estimate of drug-likeness (QED) is 0.680. The van der Waals surface area contributed by atoms with Gasteiger partial charge in [-0.25, -0.2) is 0 Å². The van der Waals surface area contributed by atoms with Crippen molar-refractivity contribution in [3.8, 4) is 11.8 Å². The standard InChI is InChI=1S/C9H14O3.C2H4O2/c10-6-2-4-8-12-9-5-1-3-7-11-9;1-2(3)4/h9-10H,1,3,5-8H2;1H3,(H,3,4). The molecule has 0 radical (unpaired) electrons. The highest BCUT2D eigenvalue weighted by Gasteiger charge is 2.12. The molecule has 16 heavy (non-hydrogen) atoms. The predicted molar refractivity (Wildman–Crippen MR) is 57.7 cm³/mol. The molecule has 1 heterocycles. The summed E-state index contributed by atoms with van der Waals surface area (Å²) < 4.78 is 10.6. The Hall–Kier alpha value is -1.09. The number of carboxylic acid groups (broad SMARTS) is 1. The molecule has 5 heteroatoms. The van der Waals surface area contributed by atoms with Crippen molar-refractivity contribution in [2.75, 3.05) is 19.8 Å². The second kappa shape index (κ2) is 10.4. The zero-order chi connectivity index (χ0) is 12.2. The molecule has 1 unspecified atom stereocenters. The van der Waals surface area contributed by atoms with Crippen LogP contribution in [-0.2, 0) is 14.3 Å². The van der Waals surface area contributed by atoms with Gasteiger partial charge < -0.3 is 19.7 Å². The van der Waals surface area contributed by atoms with E-state index in [0.717, 1.165) is 32.8 Å². The minimum absolute atomic E-state index is 0.0771. The summed E-state index contributed by atoms with van der Waals surface area (Å²) in [4.78, 5) is 9.00. The molecule has 0 aromatic rings. The topological polar surface area (TPSA) is 76.0 Å². The van der Waals surface area contributed by atoms with Gasteiger partial charge in [0.1, 0.15) is 13.2 Å². The lowest BCUT2D eigenvalue weighted by atomic mass is 10.2. The van der Waals surface area contributed by atoms with Crippen LogP contribution >= 0.6 is 0 Å². The van der Waals surface area contributed by atoms with Crippen LogP contribution in [0, 0.1) is 11.8 Å². The first-order valence-corrected chi connectivity index (χ1v) is 5.16. The van der Waals surface area contributed by atoms with E-state index >= 15 is 0 Å². The second-order valence-electron chi connectivity index (χ2n) is 3.14. The highest BCUT2D eigenvalue weighted by Crippen LogP contribution is 2.12. The fourth-order valence-corrected chi connectivity index (χ4v) is 1.08. The molecule has 0 aromatic carbocycles. The van der Waals surface area contributed by atoms with Crippen LogP contribution in [0.5, 0.6) is 0 Å². The van der Waals surface area contributed by atoms with E-state index in [1.54, 1.807) is 0 Å². The lowest BCUT2D eigenvalue weighted by molar-refractivity contribution is -0.154. The van der Waals surface area contributed by atoms with Crippen LogP contribution in [0.15, 0.2) is 0 Å². The number of hydrogen-bond acceptors (Lipinski definition) is 4. The highest BCUT2D eigenvalue weighted by atomic mass is 16.7. The summed E-state index contributed by atoms with van der Waals surface area (Å²) in [6.07, 6.45) is 3.17. The molecular weight excluding hydrogens is 212 g/mol. The molecular formula is C11H18O5. The smallest absolute Gasteiger partial charge is 0.300 e. The Balaban J connectivity index is 0.000000487. The van der Waals surface area contributed by atoms with Crippen LogP contribution in [-0.4, -0.2) is 42.3 Å². The molecule has 1 rings (SSSR count). The number of rotatable bonds is 2. The van der Waals surface area contributed by atoms with Gasteiger partial charge in [0, 0.05) is 13.5 Å². The molecule has 92 valence electrons. The fraction of sp³-hybridized carbons (Fsp3) is 0.727. The summed E-state index contributed by atoms with van der Waals surface area (Å²) in [5.41, 5.74) is 0. The van der Waals surface area contributed by atoms with Gasteiger partial charge in [0.25, 0.3) is 5.97 Å². The molecule has 1 fully saturated rings. The second-order valence-corrected chi connectivity index (χ2v) is 3.14. The van der Waals surface area contributed by atoms with Gasteiger partial charge in [0.05, 0.1) is 0 Å². The molecule has 0 bridgehead atoms. The van der Waals surface area contributed by atoms with Crippen molar-refractivity contribution in [2.24, 2.45) is 0 Å². The Kier molecular flexibility index (Phi) is 9.72. The van der Waals surface area contributed by atoms with Crippen molar-refractivity contribution in [3.63, 3.8) is 0 Å². The van der Waals surface area contributed by atoms with Crippen LogP contribution < -0.4 is 0 Å². The molecule has 0 spiro atoms. The van der Waals surface area contributed by atoms with Gasteiger partial charge in [0.2, 0.25) is 0 Å². The maximum Gasteiger partial charge on any atom is 0.300 e. The molecule has 2 N–H and O–H groups in total.